The van der Waals surface area contributed by atoms with E-state index < -0.39 is 5.60 Å². The molecule has 122 valence electrons. The third-order valence-corrected chi connectivity index (χ3v) is 5.19. The first-order valence-electron chi connectivity index (χ1n) is 8.38. The summed E-state index contributed by atoms with van der Waals surface area (Å²) in [6.45, 7) is 0.561. The average molecular weight is 339 g/mol. The van der Waals surface area contributed by atoms with Crippen molar-refractivity contribution >= 4 is 22.5 Å². The third-order valence-electron chi connectivity index (χ3n) is 4.81. The van der Waals surface area contributed by atoms with Gasteiger partial charge in [0.15, 0.2) is 0 Å². The van der Waals surface area contributed by atoms with Crippen molar-refractivity contribution in [2.45, 2.75) is 37.9 Å². The van der Waals surface area contributed by atoms with Crippen molar-refractivity contribution in [3.63, 3.8) is 0 Å². The molecule has 0 radical (unpaired) electrons. The van der Waals surface area contributed by atoms with Crippen molar-refractivity contribution in [2.24, 2.45) is 0 Å². The number of hydrogen-bond acceptors (Lipinski definition) is 3. The average Bonchev–Trinajstić information content (AvgIpc) is 3.11. The summed E-state index contributed by atoms with van der Waals surface area (Å²) in [6, 6.07) is 18.1. The highest BCUT2D eigenvalue weighted by molar-refractivity contribution is 6.36. The second-order valence-electron chi connectivity index (χ2n) is 6.36. The van der Waals surface area contributed by atoms with E-state index >= 15 is 0 Å². The van der Waals surface area contributed by atoms with Crippen molar-refractivity contribution in [3.8, 4) is 0 Å². The number of halogens is 1. The van der Waals surface area contributed by atoms with Gasteiger partial charge in [0.2, 0.25) is 0 Å². The molecule has 1 aliphatic carbocycles. The second-order valence-corrected chi connectivity index (χ2v) is 6.73. The molecule has 4 heteroatoms. The van der Waals surface area contributed by atoms with E-state index in [0.29, 0.717) is 11.6 Å². The topological polar surface area (TPSA) is 35.0 Å². The SMILES string of the molecule is Clc1c(C2(OCc3ccccc3)CCCC2)nnc2ccccc12. The van der Waals surface area contributed by atoms with E-state index in [-0.39, 0.29) is 0 Å². The van der Waals surface area contributed by atoms with E-state index in [1.54, 1.807) is 0 Å². The highest BCUT2D eigenvalue weighted by atomic mass is 35.5. The summed E-state index contributed by atoms with van der Waals surface area (Å²) in [4.78, 5) is 0. The summed E-state index contributed by atoms with van der Waals surface area (Å²) >= 11 is 6.71. The van der Waals surface area contributed by atoms with Crippen LogP contribution in [0.15, 0.2) is 54.6 Å². The molecule has 24 heavy (non-hydrogen) atoms. The maximum absolute atomic E-state index is 6.71. The molecule has 4 rings (SSSR count). The van der Waals surface area contributed by atoms with Gasteiger partial charge in [0.05, 0.1) is 17.1 Å². The van der Waals surface area contributed by atoms with Crippen LogP contribution in [0.3, 0.4) is 0 Å². The molecule has 3 nitrogen and oxygen atoms in total. The lowest BCUT2D eigenvalue weighted by molar-refractivity contribution is -0.0606. The normalized spacial score (nSPS) is 16.5. The number of hydrogen-bond donors (Lipinski definition) is 0. The summed E-state index contributed by atoms with van der Waals surface area (Å²) in [7, 11) is 0. The van der Waals surface area contributed by atoms with Crippen molar-refractivity contribution in [1.29, 1.82) is 0 Å². The molecular formula is C20H19ClN2O. The molecule has 1 heterocycles. The standard InChI is InChI=1S/C20H19ClN2O/c21-18-16-10-4-5-11-17(16)22-23-19(18)20(12-6-7-13-20)24-14-15-8-2-1-3-9-15/h1-5,8-11H,6-7,12-14H2. The zero-order chi connectivity index (χ0) is 16.4. The van der Waals surface area contributed by atoms with Gasteiger partial charge in [-0.2, -0.15) is 10.2 Å². The monoisotopic (exact) mass is 338 g/mol. The summed E-state index contributed by atoms with van der Waals surface area (Å²) in [5, 5.41) is 10.5. The molecule has 0 amide bonds. The van der Waals surface area contributed by atoms with Crippen LogP contribution in [0.5, 0.6) is 0 Å². The lowest BCUT2D eigenvalue weighted by Crippen LogP contribution is -2.28. The lowest BCUT2D eigenvalue weighted by atomic mass is 9.95. The molecule has 0 saturated heterocycles. The van der Waals surface area contributed by atoms with Gasteiger partial charge in [0.25, 0.3) is 0 Å². The minimum Gasteiger partial charge on any atom is -0.364 e. The highest BCUT2D eigenvalue weighted by Gasteiger charge is 2.40. The fraction of sp³-hybridized carbons (Fsp3) is 0.300. The molecule has 1 saturated carbocycles. The first-order chi connectivity index (χ1) is 11.8. The Morgan fingerprint density at radius 2 is 1.62 bits per heavy atom. The van der Waals surface area contributed by atoms with Gasteiger partial charge in [-0.15, -0.1) is 0 Å². The number of rotatable bonds is 4. The van der Waals surface area contributed by atoms with E-state index in [1.165, 1.54) is 0 Å². The smallest absolute Gasteiger partial charge is 0.114 e. The molecule has 1 aliphatic rings. The molecule has 0 aliphatic heterocycles. The van der Waals surface area contributed by atoms with Gasteiger partial charge in [-0.1, -0.05) is 73.0 Å². The fourth-order valence-corrected chi connectivity index (χ4v) is 3.87. The van der Waals surface area contributed by atoms with Crippen molar-refractivity contribution in [3.05, 3.63) is 70.9 Å². The third kappa shape index (κ3) is 2.79. The van der Waals surface area contributed by atoms with Gasteiger partial charge in [-0.05, 0) is 24.5 Å². The Labute approximate surface area is 146 Å². The van der Waals surface area contributed by atoms with Gasteiger partial charge >= 0.3 is 0 Å². The van der Waals surface area contributed by atoms with Crippen LogP contribution in [0.1, 0.15) is 36.9 Å². The number of nitrogens with zero attached hydrogens (tertiary/aromatic N) is 2. The Kier molecular flexibility index (Phi) is 4.21. The molecular weight excluding hydrogens is 320 g/mol. The molecule has 0 atom stereocenters. The Bertz CT molecular complexity index is 845. The minimum absolute atomic E-state index is 0.427. The quantitative estimate of drug-likeness (QED) is 0.650. The van der Waals surface area contributed by atoms with Crippen LogP contribution in [-0.4, -0.2) is 10.2 Å². The zero-order valence-electron chi connectivity index (χ0n) is 13.4. The van der Waals surface area contributed by atoms with Gasteiger partial charge in [-0.25, -0.2) is 0 Å². The minimum atomic E-state index is -0.427. The molecule has 1 aromatic heterocycles. The van der Waals surface area contributed by atoms with Gasteiger partial charge in [-0.3, -0.25) is 0 Å². The van der Waals surface area contributed by atoms with Gasteiger partial charge < -0.3 is 4.74 Å². The highest BCUT2D eigenvalue weighted by Crippen LogP contribution is 2.45. The molecule has 0 spiro atoms. The lowest BCUT2D eigenvalue weighted by Gasteiger charge is -2.29. The number of fused-ring (bicyclic) bond motifs is 1. The van der Waals surface area contributed by atoms with E-state index in [1.807, 2.05) is 42.5 Å². The van der Waals surface area contributed by atoms with Crippen LogP contribution in [0.2, 0.25) is 5.02 Å². The van der Waals surface area contributed by atoms with E-state index in [2.05, 4.69) is 22.3 Å². The molecule has 0 N–H and O–H groups in total. The molecule has 1 fully saturated rings. The predicted octanol–water partition coefficient (Wildman–Crippen LogP) is 5.27. The molecule has 2 aromatic carbocycles. The van der Waals surface area contributed by atoms with Crippen molar-refractivity contribution < 1.29 is 4.74 Å². The maximum Gasteiger partial charge on any atom is 0.114 e. The summed E-state index contributed by atoms with van der Waals surface area (Å²) in [5.41, 5.74) is 2.34. The Morgan fingerprint density at radius 3 is 2.42 bits per heavy atom. The van der Waals surface area contributed by atoms with Crippen molar-refractivity contribution in [2.75, 3.05) is 0 Å². The van der Waals surface area contributed by atoms with E-state index in [4.69, 9.17) is 16.3 Å². The summed E-state index contributed by atoms with van der Waals surface area (Å²) in [5.74, 6) is 0. The first kappa shape index (κ1) is 15.6. The van der Waals surface area contributed by atoms with Gasteiger partial charge in [0, 0.05) is 5.39 Å². The Balaban J connectivity index is 1.71. The molecule has 3 aromatic rings. The molecule has 0 bridgehead atoms. The largest absolute Gasteiger partial charge is 0.364 e. The van der Waals surface area contributed by atoms with Crippen molar-refractivity contribution in [1.82, 2.24) is 10.2 Å². The Hall–Kier alpha value is -1.97. The van der Waals surface area contributed by atoms with Crippen LogP contribution < -0.4 is 0 Å². The van der Waals surface area contributed by atoms with Crippen LogP contribution in [-0.2, 0) is 16.9 Å². The summed E-state index contributed by atoms with van der Waals surface area (Å²) in [6.07, 6.45) is 4.12. The first-order valence-corrected chi connectivity index (χ1v) is 8.76. The number of aromatic nitrogens is 2. The zero-order valence-corrected chi connectivity index (χ0v) is 14.2. The van der Waals surface area contributed by atoms with Crippen LogP contribution in [0, 0.1) is 0 Å². The van der Waals surface area contributed by atoms with E-state index in [0.717, 1.165) is 47.8 Å². The maximum atomic E-state index is 6.71. The number of benzene rings is 2. The Morgan fingerprint density at radius 1 is 0.917 bits per heavy atom. The molecule has 0 unspecified atom stereocenters. The van der Waals surface area contributed by atoms with E-state index in [9.17, 15) is 0 Å². The second kappa shape index (κ2) is 6.50. The van der Waals surface area contributed by atoms with Crippen LogP contribution >= 0.6 is 11.6 Å². The van der Waals surface area contributed by atoms with Gasteiger partial charge in [0.1, 0.15) is 11.3 Å². The van der Waals surface area contributed by atoms with Crippen LogP contribution in [0.4, 0.5) is 0 Å². The summed E-state index contributed by atoms with van der Waals surface area (Å²) < 4.78 is 6.41. The van der Waals surface area contributed by atoms with Crippen LogP contribution in [0.25, 0.3) is 10.9 Å². The predicted molar refractivity (Wildman–Crippen MR) is 95.9 cm³/mol. The fourth-order valence-electron chi connectivity index (χ4n) is 3.50. The number of ether oxygens (including phenoxy) is 1.